The van der Waals surface area contributed by atoms with Crippen LogP contribution < -0.4 is 4.74 Å². The Morgan fingerprint density at radius 2 is 1.94 bits per heavy atom. The zero-order valence-corrected chi connectivity index (χ0v) is 7.85. The quantitative estimate of drug-likeness (QED) is 0.812. The maximum Gasteiger partial charge on any atom is 0.418 e. The van der Waals surface area contributed by atoms with Gasteiger partial charge < -0.3 is 9.84 Å². The SMILES string of the molecule is COc1ncc(C(F)(F)F)c(C(F)F)c1O. The van der Waals surface area contributed by atoms with Crippen molar-refractivity contribution in [1.82, 2.24) is 4.98 Å². The van der Waals surface area contributed by atoms with Crippen molar-refractivity contribution in [2.45, 2.75) is 12.6 Å². The third-order valence-electron chi connectivity index (χ3n) is 1.78. The maximum atomic E-state index is 12.4. The lowest BCUT2D eigenvalue weighted by Gasteiger charge is -2.14. The van der Waals surface area contributed by atoms with E-state index in [1.165, 1.54) is 0 Å². The van der Waals surface area contributed by atoms with Crippen LogP contribution in [0.2, 0.25) is 0 Å². The van der Waals surface area contributed by atoms with Crippen molar-refractivity contribution in [1.29, 1.82) is 0 Å². The summed E-state index contributed by atoms with van der Waals surface area (Å²) in [6.07, 6.45) is -8.30. The second-order valence-electron chi connectivity index (χ2n) is 2.74. The van der Waals surface area contributed by atoms with Crippen LogP contribution in [-0.4, -0.2) is 17.2 Å². The number of rotatable bonds is 2. The third-order valence-corrected chi connectivity index (χ3v) is 1.78. The Balaban J connectivity index is 3.47. The van der Waals surface area contributed by atoms with E-state index in [1.807, 2.05) is 0 Å². The maximum absolute atomic E-state index is 12.4. The van der Waals surface area contributed by atoms with Crippen molar-refractivity contribution in [3.05, 3.63) is 17.3 Å². The summed E-state index contributed by atoms with van der Waals surface area (Å²) in [6, 6.07) is 0. The highest BCUT2D eigenvalue weighted by Gasteiger charge is 2.39. The van der Waals surface area contributed by atoms with Crippen molar-refractivity contribution < 1.29 is 31.8 Å². The Hall–Kier alpha value is -1.60. The molecule has 0 radical (unpaired) electrons. The summed E-state index contributed by atoms with van der Waals surface area (Å²) < 4.78 is 66.0. The van der Waals surface area contributed by atoms with E-state index in [1.54, 1.807) is 0 Å². The molecule has 3 nitrogen and oxygen atoms in total. The zero-order chi connectivity index (χ0) is 12.5. The molecule has 1 N–H and O–H groups in total. The van der Waals surface area contributed by atoms with E-state index < -0.39 is 35.4 Å². The van der Waals surface area contributed by atoms with Gasteiger partial charge >= 0.3 is 6.18 Å². The molecule has 1 aromatic heterocycles. The number of hydrogen-bond donors (Lipinski definition) is 1. The van der Waals surface area contributed by atoms with Gasteiger partial charge in [-0.2, -0.15) is 13.2 Å². The molecular weight excluding hydrogens is 237 g/mol. The van der Waals surface area contributed by atoms with E-state index >= 15 is 0 Å². The molecule has 0 spiro atoms. The zero-order valence-electron chi connectivity index (χ0n) is 7.85. The summed E-state index contributed by atoms with van der Waals surface area (Å²) in [5.74, 6) is -1.98. The molecule has 8 heteroatoms. The molecule has 1 heterocycles. The first-order valence-electron chi connectivity index (χ1n) is 3.90. The number of hydrogen-bond acceptors (Lipinski definition) is 3. The second kappa shape index (κ2) is 4.11. The van der Waals surface area contributed by atoms with Crippen molar-refractivity contribution in [2.24, 2.45) is 0 Å². The summed E-state index contributed by atoms with van der Waals surface area (Å²) in [7, 11) is 0.991. The van der Waals surface area contributed by atoms with Gasteiger partial charge in [0.15, 0.2) is 5.75 Å². The molecule has 0 atom stereocenters. The van der Waals surface area contributed by atoms with Gasteiger partial charge in [-0.1, -0.05) is 0 Å². The summed E-state index contributed by atoms with van der Waals surface area (Å²) in [4.78, 5) is 3.08. The highest BCUT2D eigenvalue weighted by Crippen LogP contribution is 2.43. The predicted octanol–water partition coefficient (Wildman–Crippen LogP) is 2.75. The van der Waals surface area contributed by atoms with Crippen LogP contribution in [0.25, 0.3) is 0 Å². The van der Waals surface area contributed by atoms with Crippen molar-refractivity contribution in [2.75, 3.05) is 7.11 Å². The molecule has 0 aromatic carbocycles. The number of pyridine rings is 1. The van der Waals surface area contributed by atoms with E-state index in [0.717, 1.165) is 7.11 Å². The van der Waals surface area contributed by atoms with E-state index in [2.05, 4.69) is 9.72 Å². The minimum atomic E-state index is -5.01. The molecule has 0 aliphatic rings. The van der Waals surface area contributed by atoms with Crippen molar-refractivity contribution in [3.63, 3.8) is 0 Å². The van der Waals surface area contributed by atoms with Gasteiger partial charge in [0.2, 0.25) is 0 Å². The number of aromatic nitrogens is 1. The Labute approximate surface area is 86.5 Å². The highest BCUT2D eigenvalue weighted by atomic mass is 19.4. The fraction of sp³-hybridized carbons (Fsp3) is 0.375. The molecule has 1 rings (SSSR count). The van der Waals surface area contributed by atoms with Crippen LogP contribution in [0.3, 0.4) is 0 Å². The molecule has 0 aliphatic carbocycles. The van der Waals surface area contributed by atoms with Crippen LogP contribution in [0.1, 0.15) is 17.6 Å². The van der Waals surface area contributed by atoms with E-state index in [0.29, 0.717) is 0 Å². The first kappa shape index (κ1) is 12.5. The predicted molar refractivity (Wildman–Crippen MR) is 42.4 cm³/mol. The van der Waals surface area contributed by atoms with Gasteiger partial charge in [-0.25, -0.2) is 13.8 Å². The van der Waals surface area contributed by atoms with Crippen LogP contribution in [-0.2, 0) is 6.18 Å². The molecule has 0 amide bonds. The molecule has 16 heavy (non-hydrogen) atoms. The molecule has 0 aliphatic heterocycles. The van der Waals surface area contributed by atoms with Crippen molar-refractivity contribution in [3.8, 4) is 11.6 Å². The Morgan fingerprint density at radius 1 is 1.38 bits per heavy atom. The molecule has 1 aromatic rings. The van der Waals surface area contributed by atoms with Gasteiger partial charge in [0, 0.05) is 6.20 Å². The summed E-state index contributed by atoms with van der Waals surface area (Å²) >= 11 is 0. The van der Waals surface area contributed by atoms with E-state index in [4.69, 9.17) is 5.11 Å². The molecule has 0 saturated heterocycles. The fourth-order valence-corrected chi connectivity index (χ4v) is 1.09. The van der Waals surface area contributed by atoms with Gasteiger partial charge in [-0.15, -0.1) is 0 Å². The highest BCUT2D eigenvalue weighted by molar-refractivity contribution is 5.46. The number of methoxy groups -OCH3 is 1. The Bertz CT molecular complexity index is 391. The lowest BCUT2D eigenvalue weighted by molar-refractivity contribution is -0.140. The first-order valence-corrected chi connectivity index (χ1v) is 3.90. The van der Waals surface area contributed by atoms with Crippen LogP contribution in [0.4, 0.5) is 22.0 Å². The monoisotopic (exact) mass is 243 g/mol. The van der Waals surface area contributed by atoms with Gasteiger partial charge in [0.25, 0.3) is 12.3 Å². The number of halogens is 5. The summed E-state index contributed by atoms with van der Waals surface area (Å²) in [6.45, 7) is 0. The molecule has 0 saturated carbocycles. The summed E-state index contributed by atoms with van der Waals surface area (Å²) in [5.41, 5.74) is -3.21. The lowest BCUT2D eigenvalue weighted by atomic mass is 10.1. The minimum Gasteiger partial charge on any atom is -0.503 e. The lowest BCUT2D eigenvalue weighted by Crippen LogP contribution is -2.11. The summed E-state index contributed by atoms with van der Waals surface area (Å²) in [5, 5.41) is 9.14. The average molecular weight is 243 g/mol. The Kier molecular flexibility index (Phi) is 3.20. The number of nitrogens with zero attached hydrogens (tertiary/aromatic N) is 1. The van der Waals surface area contributed by atoms with Gasteiger partial charge in [-0.05, 0) is 0 Å². The minimum absolute atomic E-state index is 0.194. The first-order chi connectivity index (χ1) is 7.29. The fourth-order valence-electron chi connectivity index (χ4n) is 1.09. The molecule has 90 valence electrons. The normalized spacial score (nSPS) is 11.9. The van der Waals surface area contributed by atoms with Crippen LogP contribution in [0.15, 0.2) is 6.20 Å². The second-order valence-corrected chi connectivity index (χ2v) is 2.74. The van der Waals surface area contributed by atoms with Gasteiger partial charge in [-0.3, -0.25) is 0 Å². The number of ether oxygens (including phenoxy) is 1. The van der Waals surface area contributed by atoms with Gasteiger partial charge in [0.05, 0.1) is 18.2 Å². The molecule has 0 unspecified atom stereocenters. The largest absolute Gasteiger partial charge is 0.503 e. The van der Waals surface area contributed by atoms with E-state index in [-0.39, 0.29) is 6.20 Å². The smallest absolute Gasteiger partial charge is 0.418 e. The van der Waals surface area contributed by atoms with Crippen LogP contribution in [0.5, 0.6) is 11.6 Å². The van der Waals surface area contributed by atoms with Crippen LogP contribution in [0, 0.1) is 0 Å². The van der Waals surface area contributed by atoms with Crippen molar-refractivity contribution >= 4 is 0 Å². The standard InChI is InChI=1S/C8H6F5NO2/c1-16-7-5(15)4(6(9)10)3(2-14-7)8(11,12)13/h2,6,15H,1H3. The number of alkyl halides is 5. The van der Waals surface area contributed by atoms with E-state index in [9.17, 15) is 22.0 Å². The molecular formula is C8H6F5NO2. The number of aromatic hydroxyl groups is 1. The average Bonchev–Trinajstić information content (AvgIpc) is 2.15. The molecule has 0 fully saturated rings. The van der Waals surface area contributed by atoms with Crippen LogP contribution >= 0.6 is 0 Å². The third kappa shape index (κ3) is 2.15. The van der Waals surface area contributed by atoms with Gasteiger partial charge in [0.1, 0.15) is 0 Å². The molecule has 0 bridgehead atoms. The Morgan fingerprint density at radius 3 is 2.31 bits per heavy atom. The topological polar surface area (TPSA) is 42.4 Å².